The van der Waals surface area contributed by atoms with Gasteiger partial charge in [0.05, 0.1) is 0 Å². The molecule has 1 saturated carbocycles. The Balaban J connectivity index is 1.75. The molecular formula is C23H22O2. The number of allylic oxidation sites excluding steroid dienone is 1. The van der Waals surface area contributed by atoms with E-state index in [1.54, 1.807) is 7.11 Å². The molecule has 3 aliphatic carbocycles. The SMILES string of the molecule is COC12C=CC(CC1)CC2(O)c1ccc2ccc3ccccc3c2c1. The molecule has 3 aromatic carbocycles. The van der Waals surface area contributed by atoms with Gasteiger partial charge >= 0.3 is 0 Å². The smallest absolute Gasteiger partial charge is 0.123 e. The van der Waals surface area contributed by atoms with Crippen molar-refractivity contribution in [3.63, 3.8) is 0 Å². The zero-order valence-corrected chi connectivity index (χ0v) is 14.4. The molecule has 1 fully saturated rings. The third-order valence-electron chi connectivity index (χ3n) is 6.37. The van der Waals surface area contributed by atoms with Crippen molar-refractivity contribution in [1.82, 2.24) is 0 Å². The first-order valence-corrected chi connectivity index (χ1v) is 9.04. The molecule has 25 heavy (non-hydrogen) atoms. The molecule has 0 aliphatic heterocycles. The molecule has 6 rings (SSSR count). The molecule has 0 saturated heterocycles. The summed E-state index contributed by atoms with van der Waals surface area (Å²) in [6.45, 7) is 0. The standard InChI is InChI=1S/C23H22O2/c1-25-22-12-10-16(11-13-22)15-23(22,24)19-9-8-18-7-6-17-4-2-3-5-20(17)21(18)14-19/h2-10,12,14,16,24H,11,13,15H2,1H3. The van der Waals surface area contributed by atoms with Crippen LogP contribution in [0.25, 0.3) is 21.5 Å². The van der Waals surface area contributed by atoms with Gasteiger partial charge in [0, 0.05) is 7.11 Å². The first kappa shape index (κ1) is 15.1. The van der Waals surface area contributed by atoms with Crippen molar-refractivity contribution in [2.24, 2.45) is 5.92 Å². The second kappa shape index (κ2) is 5.17. The fourth-order valence-corrected chi connectivity index (χ4v) is 4.90. The Kier molecular flexibility index (Phi) is 3.13. The molecule has 0 spiro atoms. The quantitative estimate of drug-likeness (QED) is 0.533. The summed E-state index contributed by atoms with van der Waals surface area (Å²) in [6.07, 6.45) is 7.00. The Morgan fingerprint density at radius 3 is 2.52 bits per heavy atom. The number of hydrogen-bond acceptors (Lipinski definition) is 2. The zero-order valence-electron chi connectivity index (χ0n) is 14.4. The fraction of sp³-hybridized carbons (Fsp3) is 0.304. The highest BCUT2D eigenvalue weighted by atomic mass is 16.5. The number of aliphatic hydroxyl groups is 1. The van der Waals surface area contributed by atoms with Crippen LogP contribution < -0.4 is 0 Å². The van der Waals surface area contributed by atoms with Gasteiger partial charge in [0.1, 0.15) is 11.2 Å². The average Bonchev–Trinajstić information content (AvgIpc) is 2.68. The molecule has 0 heterocycles. The van der Waals surface area contributed by atoms with Crippen molar-refractivity contribution in [1.29, 1.82) is 0 Å². The molecule has 2 nitrogen and oxygen atoms in total. The van der Waals surface area contributed by atoms with Crippen LogP contribution in [0, 0.1) is 5.92 Å². The van der Waals surface area contributed by atoms with Crippen LogP contribution in [0.3, 0.4) is 0 Å². The first-order valence-electron chi connectivity index (χ1n) is 9.04. The topological polar surface area (TPSA) is 29.5 Å². The van der Waals surface area contributed by atoms with Gasteiger partial charge in [-0.3, -0.25) is 0 Å². The van der Waals surface area contributed by atoms with Gasteiger partial charge in [0.25, 0.3) is 0 Å². The van der Waals surface area contributed by atoms with E-state index in [1.807, 2.05) is 0 Å². The van der Waals surface area contributed by atoms with Gasteiger partial charge in [0.2, 0.25) is 0 Å². The van der Waals surface area contributed by atoms with Crippen LogP contribution in [-0.4, -0.2) is 17.8 Å². The Hall–Kier alpha value is -2.16. The number of hydrogen-bond donors (Lipinski definition) is 1. The Morgan fingerprint density at radius 2 is 1.76 bits per heavy atom. The molecule has 0 radical (unpaired) electrons. The summed E-state index contributed by atoms with van der Waals surface area (Å²) in [6, 6.07) is 19.1. The van der Waals surface area contributed by atoms with Gasteiger partial charge in [-0.05, 0) is 58.4 Å². The minimum Gasteiger partial charge on any atom is -0.382 e. The normalized spacial score (nSPS) is 31.0. The van der Waals surface area contributed by atoms with E-state index < -0.39 is 11.2 Å². The summed E-state index contributed by atoms with van der Waals surface area (Å²) in [4.78, 5) is 0. The van der Waals surface area contributed by atoms with E-state index in [0.29, 0.717) is 5.92 Å². The van der Waals surface area contributed by atoms with Crippen molar-refractivity contribution in [3.8, 4) is 0 Å². The van der Waals surface area contributed by atoms with E-state index in [0.717, 1.165) is 24.8 Å². The van der Waals surface area contributed by atoms with Crippen molar-refractivity contribution >= 4 is 21.5 Å². The van der Waals surface area contributed by atoms with Crippen LogP contribution in [0.1, 0.15) is 24.8 Å². The molecule has 3 aliphatic rings. The minimum absolute atomic E-state index is 0.435. The van der Waals surface area contributed by atoms with Crippen molar-refractivity contribution in [2.45, 2.75) is 30.5 Å². The number of benzene rings is 3. The van der Waals surface area contributed by atoms with Crippen molar-refractivity contribution < 1.29 is 9.84 Å². The maximum absolute atomic E-state index is 11.7. The fourth-order valence-electron chi connectivity index (χ4n) is 4.90. The predicted molar refractivity (Wildman–Crippen MR) is 102 cm³/mol. The van der Waals surface area contributed by atoms with Gasteiger partial charge in [-0.25, -0.2) is 0 Å². The maximum Gasteiger partial charge on any atom is 0.123 e. The van der Waals surface area contributed by atoms with Crippen LogP contribution in [0.2, 0.25) is 0 Å². The summed E-state index contributed by atoms with van der Waals surface area (Å²) >= 11 is 0. The molecule has 0 amide bonds. The highest BCUT2D eigenvalue weighted by Crippen LogP contribution is 2.53. The van der Waals surface area contributed by atoms with Gasteiger partial charge in [-0.15, -0.1) is 0 Å². The van der Waals surface area contributed by atoms with Gasteiger partial charge < -0.3 is 9.84 Å². The molecule has 3 atom stereocenters. The van der Waals surface area contributed by atoms with Crippen LogP contribution >= 0.6 is 0 Å². The number of ether oxygens (including phenoxy) is 1. The predicted octanol–water partition coefficient (Wildman–Crippen LogP) is 4.94. The second-order valence-electron chi connectivity index (χ2n) is 7.54. The van der Waals surface area contributed by atoms with Crippen molar-refractivity contribution in [2.75, 3.05) is 7.11 Å². The molecule has 1 N–H and O–H groups in total. The Labute approximate surface area is 147 Å². The molecule has 2 bridgehead atoms. The molecule has 126 valence electrons. The van der Waals surface area contributed by atoms with Crippen LogP contribution in [0.5, 0.6) is 0 Å². The van der Waals surface area contributed by atoms with Crippen LogP contribution in [0.15, 0.2) is 66.7 Å². The monoisotopic (exact) mass is 330 g/mol. The van der Waals surface area contributed by atoms with Gasteiger partial charge in [0.15, 0.2) is 0 Å². The maximum atomic E-state index is 11.7. The third-order valence-corrected chi connectivity index (χ3v) is 6.37. The van der Waals surface area contributed by atoms with E-state index in [-0.39, 0.29) is 0 Å². The number of rotatable bonds is 2. The highest BCUT2D eigenvalue weighted by Gasteiger charge is 2.56. The Morgan fingerprint density at radius 1 is 1.00 bits per heavy atom. The van der Waals surface area contributed by atoms with Gasteiger partial charge in [-0.1, -0.05) is 60.7 Å². The highest BCUT2D eigenvalue weighted by molar-refractivity contribution is 6.07. The van der Waals surface area contributed by atoms with Crippen LogP contribution in [-0.2, 0) is 10.3 Å². The molecule has 3 aromatic rings. The van der Waals surface area contributed by atoms with Crippen molar-refractivity contribution in [3.05, 3.63) is 72.3 Å². The lowest BCUT2D eigenvalue weighted by Gasteiger charge is -2.53. The summed E-state index contributed by atoms with van der Waals surface area (Å²) in [5.41, 5.74) is -0.614. The molecular weight excluding hydrogens is 308 g/mol. The number of methoxy groups -OCH3 is 1. The summed E-state index contributed by atoms with van der Waals surface area (Å²) in [7, 11) is 1.72. The van der Waals surface area contributed by atoms with Gasteiger partial charge in [-0.2, -0.15) is 0 Å². The molecule has 3 unspecified atom stereocenters. The van der Waals surface area contributed by atoms with E-state index in [1.165, 1.54) is 21.5 Å². The van der Waals surface area contributed by atoms with E-state index >= 15 is 0 Å². The van der Waals surface area contributed by atoms with E-state index in [9.17, 15) is 5.11 Å². The lowest BCUT2D eigenvalue weighted by Crippen LogP contribution is -2.57. The largest absolute Gasteiger partial charge is 0.382 e. The molecule has 0 aromatic heterocycles. The summed E-state index contributed by atoms with van der Waals surface area (Å²) < 4.78 is 5.90. The Bertz CT molecular complexity index is 1010. The number of fused-ring (bicyclic) bond motifs is 5. The van der Waals surface area contributed by atoms with E-state index in [2.05, 4.69) is 66.7 Å². The van der Waals surface area contributed by atoms with Crippen LogP contribution in [0.4, 0.5) is 0 Å². The lowest BCUT2D eigenvalue weighted by atomic mass is 9.60. The summed E-state index contributed by atoms with van der Waals surface area (Å²) in [5, 5.41) is 16.6. The minimum atomic E-state index is -0.968. The summed E-state index contributed by atoms with van der Waals surface area (Å²) in [5.74, 6) is 0.435. The second-order valence-corrected chi connectivity index (χ2v) is 7.54. The lowest BCUT2D eigenvalue weighted by molar-refractivity contribution is -0.185. The molecule has 2 heteroatoms. The van der Waals surface area contributed by atoms with E-state index in [4.69, 9.17) is 4.74 Å². The average molecular weight is 330 g/mol. The first-order chi connectivity index (χ1) is 12.2. The zero-order chi connectivity index (χ0) is 17.1. The third kappa shape index (κ3) is 1.98.